The molecule has 0 heterocycles. The molecule has 0 saturated heterocycles. The molecule has 0 saturated carbocycles. The van der Waals surface area contributed by atoms with Crippen LogP contribution in [0.3, 0.4) is 0 Å². The Morgan fingerprint density at radius 3 is 1.96 bits per heavy atom. The van der Waals surface area contributed by atoms with E-state index >= 15 is 0 Å². The maximum Gasteiger partial charge on any atom is 0.265 e. The first-order valence-electron chi connectivity index (χ1n) is 7.45. The summed E-state index contributed by atoms with van der Waals surface area (Å²) in [6, 6.07) is 19.4. The van der Waals surface area contributed by atoms with E-state index in [9.17, 15) is 10.5 Å². The maximum absolute atomic E-state index is 9.27. The van der Waals surface area contributed by atoms with Gasteiger partial charge in [0.05, 0.1) is 25.3 Å². The van der Waals surface area contributed by atoms with Gasteiger partial charge in [-0.3, -0.25) is 0 Å². The molecule has 0 fully saturated rings. The van der Waals surface area contributed by atoms with E-state index in [1.54, 1.807) is 0 Å². The van der Waals surface area contributed by atoms with Crippen LogP contribution in [0.5, 0.6) is 0 Å². The SMILES string of the molecule is [C-]#[N+]C(C#N)=C1CC(=C(C#N)[N+]#[C-])c2cc(-c3ccccc3)ccc21. The van der Waals surface area contributed by atoms with Gasteiger partial charge in [-0.15, -0.1) is 0 Å². The van der Waals surface area contributed by atoms with Gasteiger partial charge in [-0.2, -0.15) is 0 Å². The second-order valence-corrected chi connectivity index (χ2v) is 5.40. The van der Waals surface area contributed by atoms with Crippen molar-refractivity contribution < 1.29 is 0 Å². The van der Waals surface area contributed by atoms with Crippen LogP contribution in [-0.4, -0.2) is 0 Å². The lowest BCUT2D eigenvalue weighted by Gasteiger charge is -2.07. The van der Waals surface area contributed by atoms with E-state index < -0.39 is 0 Å². The molecule has 0 amide bonds. The Labute approximate surface area is 145 Å². The lowest BCUT2D eigenvalue weighted by Crippen LogP contribution is -1.86. The first-order chi connectivity index (χ1) is 12.2. The number of rotatable bonds is 1. The Hall–Kier alpha value is -4.12. The third kappa shape index (κ3) is 2.66. The topological polar surface area (TPSA) is 56.3 Å². The Morgan fingerprint density at radius 2 is 1.40 bits per heavy atom. The average molecular weight is 318 g/mol. The van der Waals surface area contributed by atoms with Crippen molar-refractivity contribution in [1.82, 2.24) is 0 Å². The van der Waals surface area contributed by atoms with Crippen LogP contribution in [0.15, 0.2) is 59.9 Å². The molecular formula is C21H10N4. The highest BCUT2D eigenvalue weighted by Gasteiger charge is 2.27. The van der Waals surface area contributed by atoms with Gasteiger partial charge in [-0.25, -0.2) is 20.2 Å². The fourth-order valence-corrected chi connectivity index (χ4v) is 2.98. The molecule has 0 atom stereocenters. The summed E-state index contributed by atoms with van der Waals surface area (Å²) in [7, 11) is 0. The van der Waals surface area contributed by atoms with Crippen LogP contribution < -0.4 is 0 Å². The minimum Gasteiger partial charge on any atom is -0.226 e. The van der Waals surface area contributed by atoms with Crippen LogP contribution >= 0.6 is 0 Å². The molecule has 4 heteroatoms. The Bertz CT molecular complexity index is 1060. The summed E-state index contributed by atoms with van der Waals surface area (Å²) >= 11 is 0. The van der Waals surface area contributed by atoms with Gasteiger partial charge >= 0.3 is 0 Å². The first-order valence-corrected chi connectivity index (χ1v) is 7.45. The first kappa shape index (κ1) is 15.8. The van der Waals surface area contributed by atoms with Gasteiger partial charge in [-0.1, -0.05) is 42.5 Å². The molecule has 2 aromatic rings. The molecule has 4 nitrogen and oxygen atoms in total. The molecule has 114 valence electrons. The van der Waals surface area contributed by atoms with Gasteiger partial charge in [0.25, 0.3) is 11.4 Å². The molecule has 0 aliphatic heterocycles. The van der Waals surface area contributed by atoms with Gasteiger partial charge < -0.3 is 0 Å². The molecule has 0 bridgehead atoms. The molecule has 1 aliphatic carbocycles. The highest BCUT2D eigenvalue weighted by molar-refractivity contribution is 5.98. The van der Waals surface area contributed by atoms with E-state index in [4.69, 9.17) is 13.1 Å². The van der Waals surface area contributed by atoms with Crippen LogP contribution in [-0.2, 0) is 0 Å². The third-order valence-corrected chi connectivity index (χ3v) is 4.14. The van der Waals surface area contributed by atoms with E-state index in [0.29, 0.717) is 11.1 Å². The van der Waals surface area contributed by atoms with Crippen LogP contribution in [0.4, 0.5) is 0 Å². The van der Waals surface area contributed by atoms with E-state index in [1.807, 2.05) is 60.7 Å². The van der Waals surface area contributed by atoms with Crippen LogP contribution in [0.2, 0.25) is 0 Å². The molecule has 0 radical (unpaired) electrons. The number of allylic oxidation sites excluding steroid dienone is 4. The van der Waals surface area contributed by atoms with Gasteiger partial charge in [0.2, 0.25) is 0 Å². The molecule has 3 rings (SSSR count). The number of benzene rings is 2. The lowest BCUT2D eigenvalue weighted by molar-refractivity contribution is 1.42. The standard InChI is InChI=1S/C21H10N4/c1-24-20(12-22)18-11-19(21(13-23)25-2)17-10-15(8-9-16(17)18)14-6-4-3-5-7-14/h3-10H,11H2. The largest absolute Gasteiger partial charge is 0.265 e. The van der Waals surface area contributed by atoms with Crippen LogP contribution in [0, 0.1) is 35.8 Å². The number of nitrogens with zero attached hydrogens (tertiary/aromatic N) is 4. The minimum atomic E-state index is 0.00346. The second-order valence-electron chi connectivity index (χ2n) is 5.40. The van der Waals surface area contributed by atoms with E-state index in [-0.39, 0.29) is 17.8 Å². The van der Waals surface area contributed by atoms with E-state index in [2.05, 4.69) is 9.69 Å². The summed E-state index contributed by atoms with van der Waals surface area (Å²) in [4.78, 5) is 6.62. The van der Waals surface area contributed by atoms with Crippen molar-refractivity contribution in [3.63, 3.8) is 0 Å². The molecule has 0 spiro atoms. The smallest absolute Gasteiger partial charge is 0.226 e. The van der Waals surface area contributed by atoms with Gasteiger partial charge in [0.1, 0.15) is 0 Å². The number of hydrogen-bond acceptors (Lipinski definition) is 2. The Balaban J connectivity index is 2.31. The van der Waals surface area contributed by atoms with Gasteiger partial charge in [-0.05, 0) is 45.9 Å². The van der Waals surface area contributed by atoms with Crippen molar-refractivity contribution in [3.05, 3.63) is 93.9 Å². The van der Waals surface area contributed by atoms with Crippen LogP contribution in [0.1, 0.15) is 17.5 Å². The second kappa shape index (κ2) is 6.55. The van der Waals surface area contributed by atoms with Crippen molar-refractivity contribution in [2.24, 2.45) is 0 Å². The maximum atomic E-state index is 9.27. The molecular weight excluding hydrogens is 308 g/mol. The normalized spacial score (nSPS) is 15.8. The number of nitriles is 2. The number of hydrogen-bond donors (Lipinski definition) is 0. The van der Waals surface area contributed by atoms with Crippen molar-refractivity contribution in [2.45, 2.75) is 6.42 Å². The highest BCUT2D eigenvalue weighted by atomic mass is 14.7. The summed E-state index contributed by atoms with van der Waals surface area (Å²) in [5.74, 6) is 0. The summed E-state index contributed by atoms with van der Waals surface area (Å²) < 4.78 is 0. The zero-order chi connectivity index (χ0) is 17.8. The molecule has 0 N–H and O–H groups in total. The fraction of sp³-hybridized carbons (Fsp3) is 0.0476. The number of fused-ring (bicyclic) bond motifs is 1. The molecule has 2 aromatic carbocycles. The zero-order valence-electron chi connectivity index (χ0n) is 13.1. The third-order valence-electron chi connectivity index (χ3n) is 4.14. The monoisotopic (exact) mass is 318 g/mol. The van der Waals surface area contributed by atoms with E-state index in [0.717, 1.165) is 22.3 Å². The van der Waals surface area contributed by atoms with Gasteiger partial charge in [0.15, 0.2) is 0 Å². The minimum absolute atomic E-state index is 0.00346. The summed E-state index contributed by atoms with van der Waals surface area (Å²) in [6.45, 7) is 14.5. The summed E-state index contributed by atoms with van der Waals surface area (Å²) in [6.07, 6.45) is 0.254. The van der Waals surface area contributed by atoms with Gasteiger partial charge in [0, 0.05) is 0 Å². The predicted molar refractivity (Wildman–Crippen MR) is 94.8 cm³/mol. The van der Waals surface area contributed by atoms with Crippen molar-refractivity contribution in [2.75, 3.05) is 0 Å². The molecule has 1 aliphatic rings. The predicted octanol–water partition coefficient (Wildman–Crippen LogP) is 5.07. The quantitative estimate of drug-likeness (QED) is 0.545. The Morgan fingerprint density at radius 1 is 0.800 bits per heavy atom. The van der Waals surface area contributed by atoms with Crippen molar-refractivity contribution >= 4 is 11.1 Å². The molecule has 25 heavy (non-hydrogen) atoms. The summed E-state index contributed by atoms with van der Waals surface area (Å²) in [5.41, 5.74) is 4.65. The highest BCUT2D eigenvalue weighted by Crippen LogP contribution is 2.45. The van der Waals surface area contributed by atoms with Crippen molar-refractivity contribution in [1.29, 1.82) is 10.5 Å². The average Bonchev–Trinajstić information content (AvgIpc) is 3.03. The lowest BCUT2D eigenvalue weighted by atomic mass is 9.98. The van der Waals surface area contributed by atoms with Crippen LogP contribution in [0.25, 0.3) is 32.0 Å². The van der Waals surface area contributed by atoms with E-state index in [1.165, 1.54) is 0 Å². The fourth-order valence-electron chi connectivity index (χ4n) is 2.98. The zero-order valence-corrected chi connectivity index (χ0v) is 13.1. The van der Waals surface area contributed by atoms with Crippen molar-refractivity contribution in [3.8, 4) is 23.3 Å². The molecule has 0 unspecified atom stereocenters. The Kier molecular flexibility index (Phi) is 4.13. The molecule has 0 aromatic heterocycles. The summed E-state index contributed by atoms with van der Waals surface area (Å²) in [5, 5.41) is 18.5.